The Hall–Kier alpha value is -1.14. The van der Waals surface area contributed by atoms with Crippen molar-refractivity contribution in [1.82, 2.24) is 0 Å². The molecule has 0 bridgehead atoms. The Balaban J connectivity index is 1.68. The average molecular weight is 655 g/mol. The van der Waals surface area contributed by atoms with Gasteiger partial charge in [0.25, 0.3) is 0 Å². The summed E-state index contributed by atoms with van der Waals surface area (Å²) in [6, 6.07) is 8.83. The standard InChI is InChI=1S/C32H52Br2N4/c1-5-9-13-27(7-3)25-35-29-17-21-37(22-18-29)31(33)15-11-12-16-32(34)38-23-19-30(20-24-38)36-26-28(8-4)14-10-6-2/h17-24,27-28,31-32H,5-16,25-26H2,1-4H3/p+2. The van der Waals surface area contributed by atoms with Crippen molar-refractivity contribution in [2.24, 2.45) is 11.8 Å². The van der Waals surface area contributed by atoms with E-state index in [9.17, 15) is 0 Å². The highest BCUT2D eigenvalue weighted by molar-refractivity contribution is 9.09. The molecule has 0 fully saturated rings. The van der Waals surface area contributed by atoms with E-state index in [1.165, 1.54) is 75.6 Å². The number of hydrogen-bond acceptors (Lipinski definition) is 2. The molecule has 2 heterocycles. The van der Waals surface area contributed by atoms with Gasteiger partial charge in [-0.25, -0.2) is 0 Å². The smallest absolute Gasteiger partial charge is 0.211 e. The zero-order chi connectivity index (χ0) is 27.6. The van der Waals surface area contributed by atoms with E-state index in [0.29, 0.717) is 9.90 Å². The second-order valence-corrected chi connectivity index (χ2v) is 12.9. The van der Waals surface area contributed by atoms with Crippen LogP contribution < -0.4 is 19.8 Å². The predicted molar refractivity (Wildman–Crippen MR) is 171 cm³/mol. The predicted octanol–water partition coefficient (Wildman–Crippen LogP) is 9.57. The third-order valence-corrected chi connectivity index (χ3v) is 9.62. The summed E-state index contributed by atoms with van der Waals surface area (Å²) >= 11 is 7.79. The van der Waals surface area contributed by atoms with Gasteiger partial charge in [0.2, 0.25) is 9.90 Å². The summed E-state index contributed by atoms with van der Waals surface area (Å²) in [4.78, 5) is 0.668. The molecule has 0 aromatic carbocycles. The summed E-state index contributed by atoms with van der Waals surface area (Å²) in [5.74, 6) is 1.54. The maximum absolute atomic E-state index is 3.89. The lowest BCUT2D eigenvalue weighted by atomic mass is 9.99. The number of halogens is 2. The van der Waals surface area contributed by atoms with Gasteiger partial charge < -0.3 is 10.6 Å². The molecule has 0 saturated carbocycles. The fraction of sp³-hybridized carbons (Fsp3) is 0.688. The average Bonchev–Trinajstić information content (AvgIpc) is 2.96. The Morgan fingerprint density at radius 3 is 1.26 bits per heavy atom. The van der Waals surface area contributed by atoms with Crippen molar-refractivity contribution in [1.29, 1.82) is 0 Å². The van der Waals surface area contributed by atoms with Gasteiger partial charge in [0.1, 0.15) is 0 Å². The zero-order valence-corrected chi connectivity index (χ0v) is 27.7. The Labute approximate surface area is 250 Å². The molecule has 4 atom stereocenters. The monoisotopic (exact) mass is 652 g/mol. The molecule has 4 nitrogen and oxygen atoms in total. The van der Waals surface area contributed by atoms with Gasteiger partial charge in [-0.3, -0.25) is 0 Å². The first-order chi connectivity index (χ1) is 18.5. The Morgan fingerprint density at radius 2 is 0.947 bits per heavy atom. The molecule has 0 amide bonds. The lowest BCUT2D eigenvalue weighted by Gasteiger charge is -2.16. The second kappa shape index (κ2) is 19.8. The van der Waals surface area contributed by atoms with E-state index in [1.807, 2.05) is 0 Å². The van der Waals surface area contributed by atoms with Gasteiger partial charge in [-0.1, -0.05) is 66.2 Å². The number of nitrogens with zero attached hydrogens (tertiary/aromatic N) is 2. The van der Waals surface area contributed by atoms with Gasteiger partial charge in [-0.15, -0.1) is 0 Å². The third kappa shape index (κ3) is 12.8. The van der Waals surface area contributed by atoms with E-state index in [0.717, 1.165) is 37.8 Å². The molecule has 0 aliphatic rings. The first-order valence-corrected chi connectivity index (χ1v) is 17.1. The van der Waals surface area contributed by atoms with Crippen molar-refractivity contribution in [2.45, 2.75) is 115 Å². The van der Waals surface area contributed by atoms with Crippen molar-refractivity contribution in [3.05, 3.63) is 49.1 Å². The van der Waals surface area contributed by atoms with Crippen molar-refractivity contribution in [3.63, 3.8) is 0 Å². The minimum absolute atomic E-state index is 0.334. The van der Waals surface area contributed by atoms with Crippen LogP contribution in [0, 0.1) is 11.8 Å². The fourth-order valence-corrected chi connectivity index (χ4v) is 6.01. The Bertz CT molecular complexity index is 772. The highest BCUT2D eigenvalue weighted by atomic mass is 79.9. The first-order valence-electron chi connectivity index (χ1n) is 15.3. The van der Waals surface area contributed by atoms with Crippen LogP contribution in [0.5, 0.6) is 0 Å². The number of aromatic nitrogens is 2. The molecule has 0 aliphatic carbocycles. The van der Waals surface area contributed by atoms with Gasteiger partial charge in [-0.2, -0.15) is 9.13 Å². The summed E-state index contributed by atoms with van der Waals surface area (Å²) in [6.07, 6.45) is 23.8. The molecular weight excluding hydrogens is 600 g/mol. The lowest BCUT2D eigenvalue weighted by molar-refractivity contribution is -0.699. The molecule has 0 radical (unpaired) electrons. The van der Waals surface area contributed by atoms with E-state index in [2.05, 4.69) is 128 Å². The van der Waals surface area contributed by atoms with Crippen molar-refractivity contribution < 1.29 is 9.13 Å². The maximum Gasteiger partial charge on any atom is 0.211 e. The SMILES string of the molecule is CCCCC(CC)CNc1cc[n+](C(Br)CCCCC(Br)[n+]2ccc(NCC(CC)CCCC)cc2)cc1. The number of nitrogens with one attached hydrogen (secondary N) is 2. The summed E-state index contributed by atoms with van der Waals surface area (Å²) in [5, 5.41) is 7.27. The summed E-state index contributed by atoms with van der Waals surface area (Å²) in [6.45, 7) is 11.3. The molecular formula is C32H54Br2N4+2. The Kier molecular flexibility index (Phi) is 17.3. The second-order valence-electron chi connectivity index (χ2n) is 10.8. The number of pyridine rings is 2. The summed E-state index contributed by atoms with van der Waals surface area (Å²) < 4.78 is 4.55. The van der Waals surface area contributed by atoms with Crippen LogP contribution in [0.25, 0.3) is 0 Å². The molecule has 0 aliphatic heterocycles. The molecule has 2 rings (SSSR count). The van der Waals surface area contributed by atoms with E-state index >= 15 is 0 Å². The van der Waals surface area contributed by atoms with Crippen LogP contribution in [0.3, 0.4) is 0 Å². The van der Waals surface area contributed by atoms with Gasteiger partial charge in [0.05, 0.1) is 0 Å². The molecule has 4 unspecified atom stereocenters. The van der Waals surface area contributed by atoms with Crippen LogP contribution in [-0.4, -0.2) is 13.1 Å². The van der Waals surface area contributed by atoms with Crippen molar-refractivity contribution in [2.75, 3.05) is 23.7 Å². The number of hydrogen-bond donors (Lipinski definition) is 2. The topological polar surface area (TPSA) is 31.8 Å². The number of rotatable bonds is 21. The van der Waals surface area contributed by atoms with E-state index in [4.69, 9.17) is 0 Å². The van der Waals surface area contributed by atoms with Gasteiger partial charge >= 0.3 is 0 Å². The fourth-order valence-electron chi connectivity index (χ4n) is 4.82. The molecule has 214 valence electrons. The number of unbranched alkanes of at least 4 members (excludes halogenated alkanes) is 3. The van der Waals surface area contributed by atoms with E-state index in [-0.39, 0.29) is 0 Å². The van der Waals surface area contributed by atoms with Gasteiger partial charge in [0, 0.05) is 61.6 Å². The van der Waals surface area contributed by atoms with Gasteiger partial charge in [-0.05, 0) is 69.4 Å². The molecule has 0 saturated heterocycles. The third-order valence-electron chi connectivity index (χ3n) is 7.76. The first kappa shape index (κ1) is 33.1. The van der Waals surface area contributed by atoms with Crippen molar-refractivity contribution in [3.8, 4) is 0 Å². The maximum atomic E-state index is 3.89. The normalized spacial score (nSPS) is 14.6. The van der Waals surface area contributed by atoms with Crippen LogP contribution in [0.1, 0.15) is 115 Å². The molecule has 2 aromatic rings. The summed E-state index contributed by atoms with van der Waals surface area (Å²) in [7, 11) is 0. The zero-order valence-electron chi connectivity index (χ0n) is 24.5. The Morgan fingerprint density at radius 1 is 0.579 bits per heavy atom. The molecule has 0 spiro atoms. The van der Waals surface area contributed by atoms with Gasteiger partial charge in [0.15, 0.2) is 24.8 Å². The van der Waals surface area contributed by atoms with Crippen LogP contribution in [0.15, 0.2) is 49.1 Å². The molecule has 6 heteroatoms. The van der Waals surface area contributed by atoms with Crippen molar-refractivity contribution >= 4 is 43.2 Å². The highest BCUT2D eigenvalue weighted by Crippen LogP contribution is 2.22. The quantitative estimate of drug-likeness (QED) is 0.0799. The largest absolute Gasteiger partial charge is 0.384 e. The van der Waals surface area contributed by atoms with Crippen LogP contribution in [-0.2, 0) is 0 Å². The number of anilines is 2. The minimum atomic E-state index is 0.334. The molecule has 2 N–H and O–H groups in total. The lowest BCUT2D eigenvalue weighted by Crippen LogP contribution is -2.36. The number of alkyl halides is 2. The molecule has 2 aromatic heterocycles. The molecule has 38 heavy (non-hydrogen) atoms. The van der Waals surface area contributed by atoms with E-state index in [1.54, 1.807) is 0 Å². The van der Waals surface area contributed by atoms with Crippen LogP contribution in [0.2, 0.25) is 0 Å². The van der Waals surface area contributed by atoms with Crippen LogP contribution in [0.4, 0.5) is 11.4 Å². The van der Waals surface area contributed by atoms with E-state index < -0.39 is 0 Å². The summed E-state index contributed by atoms with van der Waals surface area (Å²) in [5.41, 5.74) is 2.44. The van der Waals surface area contributed by atoms with Crippen LogP contribution >= 0.6 is 31.9 Å². The minimum Gasteiger partial charge on any atom is -0.384 e. The highest BCUT2D eigenvalue weighted by Gasteiger charge is 2.17.